The molecule has 134 valence electrons. The molecular weight excluding hydrogens is 370 g/mol. The normalized spacial score (nSPS) is 10.5. The molecule has 1 amide bonds. The summed E-state index contributed by atoms with van der Waals surface area (Å²) >= 11 is 7.04. The first-order valence-electron chi connectivity index (χ1n) is 8.15. The van der Waals surface area contributed by atoms with E-state index in [0.717, 1.165) is 23.4 Å². The van der Waals surface area contributed by atoms with Gasteiger partial charge in [0, 0.05) is 17.1 Å². The lowest BCUT2D eigenvalue weighted by Gasteiger charge is -2.08. The van der Waals surface area contributed by atoms with Gasteiger partial charge in [-0.25, -0.2) is 0 Å². The highest BCUT2D eigenvalue weighted by Gasteiger charge is 2.07. The van der Waals surface area contributed by atoms with E-state index in [4.69, 9.17) is 16.3 Å². The van der Waals surface area contributed by atoms with Gasteiger partial charge in [-0.05, 0) is 55.3 Å². The molecule has 1 aromatic heterocycles. The maximum Gasteiger partial charge on any atom is 0.251 e. The van der Waals surface area contributed by atoms with Crippen molar-refractivity contribution < 1.29 is 9.53 Å². The molecule has 0 aliphatic rings. The minimum absolute atomic E-state index is 0.106. The molecule has 5 nitrogen and oxygen atoms in total. The van der Waals surface area contributed by atoms with E-state index in [2.05, 4.69) is 14.1 Å². The lowest BCUT2D eigenvalue weighted by Crippen LogP contribution is -2.25. The van der Waals surface area contributed by atoms with Crippen molar-refractivity contribution in [3.05, 3.63) is 76.1 Å². The van der Waals surface area contributed by atoms with E-state index in [9.17, 15) is 4.79 Å². The number of hydrogen-bond acceptors (Lipinski definition) is 5. The zero-order valence-electron chi connectivity index (χ0n) is 14.2. The standard InChI is InChI=1S/C19H18ClN3O2S/c1-13-18(23-26-22-13)12-25-17-8-4-15(5-9-17)19(24)21-11-10-14-2-6-16(20)7-3-14/h2-9H,10-12H2,1H3,(H,21,24). The Morgan fingerprint density at radius 1 is 1.12 bits per heavy atom. The van der Waals surface area contributed by atoms with Gasteiger partial charge < -0.3 is 10.1 Å². The van der Waals surface area contributed by atoms with E-state index >= 15 is 0 Å². The van der Waals surface area contributed by atoms with Gasteiger partial charge >= 0.3 is 0 Å². The molecule has 1 N–H and O–H groups in total. The molecule has 0 saturated carbocycles. The van der Waals surface area contributed by atoms with Crippen molar-refractivity contribution in [1.29, 1.82) is 0 Å². The maximum atomic E-state index is 12.2. The van der Waals surface area contributed by atoms with Crippen LogP contribution in [0.2, 0.25) is 5.02 Å². The summed E-state index contributed by atoms with van der Waals surface area (Å²) in [7, 11) is 0. The van der Waals surface area contributed by atoms with Gasteiger partial charge in [0.05, 0.1) is 17.4 Å². The van der Waals surface area contributed by atoms with Crippen LogP contribution in [0.5, 0.6) is 5.75 Å². The fourth-order valence-electron chi connectivity index (χ4n) is 2.31. The summed E-state index contributed by atoms with van der Waals surface area (Å²) in [6.07, 6.45) is 0.755. The van der Waals surface area contributed by atoms with Crippen molar-refractivity contribution in [2.24, 2.45) is 0 Å². The van der Waals surface area contributed by atoms with Crippen LogP contribution >= 0.6 is 23.3 Å². The molecule has 2 aromatic carbocycles. The number of aromatic nitrogens is 2. The van der Waals surface area contributed by atoms with Crippen LogP contribution in [-0.4, -0.2) is 21.2 Å². The fraction of sp³-hybridized carbons (Fsp3) is 0.211. The Balaban J connectivity index is 1.47. The molecule has 0 atom stereocenters. The highest BCUT2D eigenvalue weighted by atomic mass is 35.5. The Hall–Kier alpha value is -2.44. The Kier molecular flexibility index (Phi) is 6.20. The molecule has 0 aliphatic carbocycles. The number of aryl methyl sites for hydroxylation is 1. The number of hydrogen-bond donors (Lipinski definition) is 1. The van der Waals surface area contributed by atoms with Gasteiger partial charge in [-0.1, -0.05) is 23.7 Å². The first-order chi connectivity index (χ1) is 12.6. The molecule has 0 spiro atoms. The quantitative estimate of drug-likeness (QED) is 0.664. The van der Waals surface area contributed by atoms with E-state index in [0.29, 0.717) is 29.5 Å². The second-order valence-corrected chi connectivity index (χ2v) is 6.71. The van der Waals surface area contributed by atoms with E-state index in [-0.39, 0.29) is 5.91 Å². The number of halogens is 1. The topological polar surface area (TPSA) is 64.1 Å². The summed E-state index contributed by atoms with van der Waals surface area (Å²) in [6.45, 7) is 2.84. The van der Waals surface area contributed by atoms with Crippen LogP contribution in [0.4, 0.5) is 0 Å². The van der Waals surface area contributed by atoms with E-state index in [1.54, 1.807) is 24.3 Å². The van der Waals surface area contributed by atoms with Gasteiger partial charge in [0.1, 0.15) is 18.1 Å². The number of carbonyl (C=O) groups excluding carboxylic acids is 1. The molecule has 0 radical (unpaired) electrons. The largest absolute Gasteiger partial charge is 0.487 e. The second-order valence-electron chi connectivity index (χ2n) is 5.74. The van der Waals surface area contributed by atoms with Gasteiger partial charge in [0.25, 0.3) is 5.91 Å². The molecule has 7 heteroatoms. The van der Waals surface area contributed by atoms with E-state index < -0.39 is 0 Å². The Morgan fingerprint density at radius 3 is 2.50 bits per heavy atom. The minimum atomic E-state index is -0.106. The van der Waals surface area contributed by atoms with Gasteiger partial charge in [-0.3, -0.25) is 4.79 Å². The summed E-state index contributed by atoms with van der Waals surface area (Å²) in [6, 6.07) is 14.7. The Morgan fingerprint density at radius 2 is 1.85 bits per heavy atom. The van der Waals surface area contributed by atoms with Crippen LogP contribution in [0.15, 0.2) is 48.5 Å². The SMILES string of the molecule is Cc1nsnc1COc1ccc(C(=O)NCCc2ccc(Cl)cc2)cc1. The molecule has 0 bridgehead atoms. The third kappa shape index (κ3) is 5.03. The van der Waals surface area contributed by atoms with Crippen molar-refractivity contribution in [2.45, 2.75) is 20.0 Å². The van der Waals surface area contributed by atoms with E-state index in [1.807, 2.05) is 31.2 Å². The molecule has 3 aromatic rings. The van der Waals surface area contributed by atoms with Gasteiger partial charge in [-0.2, -0.15) is 8.75 Å². The van der Waals surface area contributed by atoms with Crippen LogP contribution in [-0.2, 0) is 13.0 Å². The molecule has 26 heavy (non-hydrogen) atoms. The number of nitrogens with zero attached hydrogens (tertiary/aromatic N) is 2. The molecule has 3 rings (SSSR count). The fourth-order valence-corrected chi connectivity index (χ4v) is 2.99. The molecule has 1 heterocycles. The molecular formula is C19H18ClN3O2S. The summed E-state index contributed by atoms with van der Waals surface area (Å²) < 4.78 is 14.0. The zero-order valence-corrected chi connectivity index (χ0v) is 15.8. The average molecular weight is 388 g/mol. The summed E-state index contributed by atoms with van der Waals surface area (Å²) in [5.41, 5.74) is 3.44. The number of amides is 1. The smallest absolute Gasteiger partial charge is 0.251 e. The molecule has 0 unspecified atom stereocenters. The lowest BCUT2D eigenvalue weighted by atomic mass is 10.1. The number of carbonyl (C=O) groups is 1. The minimum Gasteiger partial charge on any atom is -0.487 e. The van der Waals surface area contributed by atoms with Crippen molar-refractivity contribution in [2.75, 3.05) is 6.54 Å². The van der Waals surface area contributed by atoms with Crippen LogP contribution in [0.1, 0.15) is 27.3 Å². The first kappa shape index (κ1) is 18.4. The third-order valence-electron chi connectivity index (χ3n) is 3.85. The molecule has 0 fully saturated rings. The van der Waals surface area contributed by atoms with Crippen LogP contribution < -0.4 is 10.1 Å². The van der Waals surface area contributed by atoms with Gasteiger partial charge in [0.15, 0.2) is 0 Å². The first-order valence-corrected chi connectivity index (χ1v) is 9.26. The van der Waals surface area contributed by atoms with Crippen molar-refractivity contribution >= 4 is 29.2 Å². The second kappa shape index (κ2) is 8.78. The highest BCUT2D eigenvalue weighted by Crippen LogP contribution is 2.15. The summed E-state index contributed by atoms with van der Waals surface area (Å²) in [4.78, 5) is 12.2. The zero-order chi connectivity index (χ0) is 18.4. The van der Waals surface area contributed by atoms with Gasteiger partial charge in [0.2, 0.25) is 0 Å². The third-order valence-corrected chi connectivity index (χ3v) is 4.76. The Bertz CT molecular complexity index is 863. The maximum absolute atomic E-state index is 12.2. The predicted octanol–water partition coefficient (Wildman–Crippen LogP) is 4.05. The van der Waals surface area contributed by atoms with E-state index in [1.165, 1.54) is 11.7 Å². The monoisotopic (exact) mass is 387 g/mol. The number of nitrogens with one attached hydrogen (secondary N) is 1. The van der Waals surface area contributed by atoms with Crippen LogP contribution in [0, 0.1) is 6.92 Å². The van der Waals surface area contributed by atoms with Crippen LogP contribution in [0.3, 0.4) is 0 Å². The predicted molar refractivity (Wildman–Crippen MR) is 103 cm³/mol. The summed E-state index contributed by atoms with van der Waals surface area (Å²) in [5.74, 6) is 0.583. The Labute approximate surface area is 161 Å². The highest BCUT2D eigenvalue weighted by molar-refractivity contribution is 6.99. The average Bonchev–Trinajstić information content (AvgIpc) is 3.07. The lowest BCUT2D eigenvalue weighted by molar-refractivity contribution is 0.0954. The van der Waals surface area contributed by atoms with Crippen molar-refractivity contribution in [1.82, 2.24) is 14.1 Å². The molecule has 0 saturated heterocycles. The summed E-state index contributed by atoms with van der Waals surface area (Å²) in [5, 5.41) is 3.62. The van der Waals surface area contributed by atoms with Crippen molar-refractivity contribution in [3.63, 3.8) is 0 Å². The molecule has 0 aliphatic heterocycles. The van der Waals surface area contributed by atoms with Gasteiger partial charge in [-0.15, -0.1) is 0 Å². The van der Waals surface area contributed by atoms with Crippen molar-refractivity contribution in [3.8, 4) is 5.75 Å². The number of benzene rings is 2. The number of rotatable bonds is 7. The van der Waals surface area contributed by atoms with Crippen LogP contribution in [0.25, 0.3) is 0 Å². The number of ether oxygens (including phenoxy) is 1.